The predicted molar refractivity (Wildman–Crippen MR) is 64.2 cm³/mol. The van der Waals surface area contributed by atoms with E-state index in [0.29, 0.717) is 0 Å². The van der Waals surface area contributed by atoms with Gasteiger partial charge < -0.3 is 5.43 Å². The van der Waals surface area contributed by atoms with E-state index in [1.165, 1.54) is 30.6 Å². The third-order valence-corrected chi connectivity index (χ3v) is 2.19. The van der Waals surface area contributed by atoms with Crippen LogP contribution in [0.5, 0.6) is 0 Å². The molecule has 0 fully saturated rings. The molecule has 0 saturated heterocycles. The van der Waals surface area contributed by atoms with Crippen LogP contribution in [0.4, 0.5) is 16.0 Å². The molecule has 0 unspecified atom stereocenters. The van der Waals surface area contributed by atoms with Crippen molar-refractivity contribution in [2.24, 2.45) is 5.84 Å². The monoisotopic (exact) mass is 247 g/mol. The van der Waals surface area contributed by atoms with Crippen LogP contribution >= 0.6 is 0 Å². The van der Waals surface area contributed by atoms with Crippen molar-refractivity contribution in [2.45, 2.75) is 0 Å². The van der Waals surface area contributed by atoms with E-state index in [2.05, 4.69) is 20.7 Å². The van der Waals surface area contributed by atoms with Gasteiger partial charge >= 0.3 is 0 Å². The molecular formula is C11H10FN5O. The lowest BCUT2D eigenvalue weighted by Gasteiger charge is -2.09. The normalized spacial score (nSPS) is 9.89. The number of carbonyl (C=O) groups is 1. The van der Waals surface area contributed by atoms with Gasteiger partial charge in [0.05, 0.1) is 11.3 Å². The van der Waals surface area contributed by atoms with E-state index >= 15 is 0 Å². The number of hydrogen-bond donors (Lipinski definition) is 3. The topological polar surface area (TPSA) is 92.9 Å². The first-order chi connectivity index (χ1) is 8.72. The molecule has 0 aliphatic carbocycles. The number of hydrogen-bond acceptors (Lipinski definition) is 5. The van der Waals surface area contributed by atoms with Gasteiger partial charge in [0, 0.05) is 12.4 Å². The minimum atomic E-state index is -0.612. The van der Waals surface area contributed by atoms with E-state index in [4.69, 9.17) is 5.84 Å². The zero-order valence-corrected chi connectivity index (χ0v) is 9.22. The summed E-state index contributed by atoms with van der Waals surface area (Å²) >= 11 is 0. The van der Waals surface area contributed by atoms with Crippen LogP contribution in [0.2, 0.25) is 0 Å². The molecule has 0 atom stereocenters. The second-order valence-electron chi connectivity index (χ2n) is 3.33. The number of anilines is 2. The largest absolute Gasteiger partial charge is 0.321 e. The van der Waals surface area contributed by atoms with Gasteiger partial charge in [0.25, 0.3) is 5.91 Å². The molecule has 0 saturated carbocycles. The fourth-order valence-electron chi connectivity index (χ4n) is 1.39. The van der Waals surface area contributed by atoms with Crippen LogP contribution in [0.3, 0.4) is 0 Å². The van der Waals surface area contributed by atoms with E-state index in [1.807, 2.05) is 0 Å². The van der Waals surface area contributed by atoms with Crippen LogP contribution in [-0.2, 0) is 0 Å². The lowest BCUT2D eigenvalue weighted by molar-refractivity contribution is 0.102. The molecule has 1 heterocycles. The molecule has 0 spiro atoms. The molecule has 1 amide bonds. The van der Waals surface area contributed by atoms with Crippen molar-refractivity contribution in [1.29, 1.82) is 0 Å². The van der Waals surface area contributed by atoms with Gasteiger partial charge in [0.2, 0.25) is 5.95 Å². The van der Waals surface area contributed by atoms with Crippen LogP contribution < -0.4 is 16.6 Å². The number of benzene rings is 1. The second-order valence-corrected chi connectivity index (χ2v) is 3.33. The van der Waals surface area contributed by atoms with Crippen molar-refractivity contribution in [1.82, 2.24) is 9.97 Å². The highest BCUT2D eigenvalue weighted by Crippen LogP contribution is 2.19. The number of amides is 1. The van der Waals surface area contributed by atoms with Gasteiger partial charge in [0.15, 0.2) is 0 Å². The van der Waals surface area contributed by atoms with Crippen LogP contribution in [0.1, 0.15) is 10.4 Å². The van der Waals surface area contributed by atoms with Gasteiger partial charge in [-0.15, -0.1) is 0 Å². The van der Waals surface area contributed by atoms with Crippen molar-refractivity contribution in [3.8, 4) is 0 Å². The Balaban J connectivity index is 2.27. The Kier molecular flexibility index (Phi) is 3.44. The summed E-state index contributed by atoms with van der Waals surface area (Å²) in [6.45, 7) is 0. The number of nitrogens with one attached hydrogen (secondary N) is 2. The van der Waals surface area contributed by atoms with Crippen molar-refractivity contribution in [2.75, 3.05) is 10.7 Å². The molecule has 7 heteroatoms. The van der Waals surface area contributed by atoms with Crippen molar-refractivity contribution < 1.29 is 9.18 Å². The summed E-state index contributed by atoms with van der Waals surface area (Å²) in [4.78, 5) is 19.6. The highest BCUT2D eigenvalue weighted by molar-refractivity contribution is 6.07. The molecule has 6 nitrogen and oxygen atoms in total. The standard InChI is InChI=1S/C11H10FN5O/c12-8-4-1-3-7(9(8)17-13)10(18)16-11-14-5-2-6-15-11/h1-6,17H,13H2,(H,14,15,16,18). The molecule has 18 heavy (non-hydrogen) atoms. The summed E-state index contributed by atoms with van der Waals surface area (Å²) < 4.78 is 13.4. The molecule has 4 N–H and O–H groups in total. The zero-order chi connectivity index (χ0) is 13.0. The maximum atomic E-state index is 13.4. The minimum Gasteiger partial charge on any atom is -0.321 e. The number of aromatic nitrogens is 2. The van der Waals surface area contributed by atoms with E-state index in [0.717, 1.165) is 0 Å². The number of carbonyl (C=O) groups excluding carboxylic acids is 1. The average molecular weight is 247 g/mol. The van der Waals surface area contributed by atoms with Gasteiger partial charge in [-0.1, -0.05) is 6.07 Å². The minimum absolute atomic E-state index is 0.0740. The van der Waals surface area contributed by atoms with Gasteiger partial charge in [-0.25, -0.2) is 14.4 Å². The summed E-state index contributed by atoms with van der Waals surface area (Å²) in [6.07, 6.45) is 2.96. The fraction of sp³-hybridized carbons (Fsp3) is 0. The third kappa shape index (κ3) is 2.41. The molecular weight excluding hydrogens is 237 g/mol. The molecule has 0 aliphatic rings. The number of rotatable bonds is 3. The molecule has 1 aromatic heterocycles. The van der Waals surface area contributed by atoms with Gasteiger partial charge in [-0.2, -0.15) is 0 Å². The summed E-state index contributed by atoms with van der Waals surface area (Å²) in [5, 5.41) is 2.44. The number of nitrogens with two attached hydrogens (primary N) is 1. The fourth-order valence-corrected chi connectivity index (χ4v) is 1.39. The van der Waals surface area contributed by atoms with E-state index in [9.17, 15) is 9.18 Å². The molecule has 92 valence electrons. The van der Waals surface area contributed by atoms with E-state index < -0.39 is 11.7 Å². The quantitative estimate of drug-likeness (QED) is 0.559. The first-order valence-electron chi connectivity index (χ1n) is 5.06. The number of nitrogen functional groups attached to an aromatic ring is 1. The molecule has 0 radical (unpaired) electrons. The first-order valence-corrected chi connectivity index (χ1v) is 5.06. The zero-order valence-electron chi connectivity index (χ0n) is 9.22. The highest BCUT2D eigenvalue weighted by atomic mass is 19.1. The highest BCUT2D eigenvalue weighted by Gasteiger charge is 2.15. The summed E-state index contributed by atoms with van der Waals surface area (Å²) in [6, 6.07) is 5.67. The maximum Gasteiger partial charge on any atom is 0.260 e. The van der Waals surface area contributed by atoms with Gasteiger partial charge in [-0.3, -0.25) is 16.0 Å². The number of nitrogens with zero attached hydrogens (tertiary/aromatic N) is 2. The lowest BCUT2D eigenvalue weighted by atomic mass is 10.1. The molecule has 2 rings (SSSR count). The van der Waals surface area contributed by atoms with Gasteiger partial charge in [-0.05, 0) is 18.2 Å². The molecule has 2 aromatic rings. The van der Waals surface area contributed by atoms with Crippen molar-refractivity contribution in [3.05, 3.63) is 48.0 Å². The Hall–Kier alpha value is -2.54. The van der Waals surface area contributed by atoms with Crippen LogP contribution in [0.15, 0.2) is 36.7 Å². The Bertz CT molecular complexity index is 561. The second kappa shape index (κ2) is 5.19. The third-order valence-electron chi connectivity index (χ3n) is 2.19. The van der Waals surface area contributed by atoms with Crippen molar-refractivity contribution in [3.63, 3.8) is 0 Å². The van der Waals surface area contributed by atoms with E-state index in [1.54, 1.807) is 6.07 Å². The first kappa shape index (κ1) is 11.9. The van der Waals surface area contributed by atoms with Crippen LogP contribution in [0.25, 0.3) is 0 Å². The summed E-state index contributed by atoms with van der Waals surface area (Å²) in [5.41, 5.74) is 2.15. The van der Waals surface area contributed by atoms with Crippen LogP contribution in [0, 0.1) is 5.82 Å². The number of halogens is 1. The Labute approximate surface area is 102 Å². The van der Waals surface area contributed by atoms with Crippen LogP contribution in [-0.4, -0.2) is 15.9 Å². The Morgan fingerprint density at radius 2 is 1.94 bits per heavy atom. The number of para-hydroxylation sites is 1. The Morgan fingerprint density at radius 1 is 1.22 bits per heavy atom. The summed E-state index contributed by atoms with van der Waals surface area (Å²) in [7, 11) is 0. The average Bonchev–Trinajstić information content (AvgIpc) is 2.39. The predicted octanol–water partition coefficient (Wildman–Crippen LogP) is 1.15. The van der Waals surface area contributed by atoms with E-state index in [-0.39, 0.29) is 17.2 Å². The molecule has 0 aliphatic heterocycles. The molecule has 0 bridgehead atoms. The lowest BCUT2D eigenvalue weighted by Crippen LogP contribution is -2.19. The number of hydrazine groups is 1. The molecule has 1 aromatic carbocycles. The van der Waals surface area contributed by atoms with Crippen molar-refractivity contribution >= 4 is 17.5 Å². The smallest absolute Gasteiger partial charge is 0.260 e. The van der Waals surface area contributed by atoms with Gasteiger partial charge in [0.1, 0.15) is 5.82 Å². The maximum absolute atomic E-state index is 13.4. The summed E-state index contributed by atoms with van der Waals surface area (Å²) in [5.74, 6) is 4.16. The SMILES string of the molecule is NNc1c(F)cccc1C(=O)Nc1ncccn1. The Morgan fingerprint density at radius 3 is 2.61 bits per heavy atom.